The van der Waals surface area contributed by atoms with Crippen LogP contribution in [0.3, 0.4) is 0 Å². The lowest BCUT2D eigenvalue weighted by molar-refractivity contribution is 0.102. The van der Waals surface area contributed by atoms with Crippen LogP contribution in [-0.4, -0.2) is 25.0 Å². The molecule has 0 saturated carbocycles. The molecule has 3 aromatic rings. The van der Waals surface area contributed by atoms with Gasteiger partial charge < -0.3 is 10.2 Å². The van der Waals surface area contributed by atoms with Crippen LogP contribution in [0.4, 0.5) is 11.4 Å². The first-order valence-corrected chi connectivity index (χ1v) is 7.56. The molecule has 2 aromatic carbocycles. The second-order valence-corrected chi connectivity index (χ2v) is 5.82. The van der Waals surface area contributed by atoms with Crippen molar-refractivity contribution >= 4 is 39.8 Å². The number of fused-ring (bicyclic) bond motifs is 1. The standard InChI is InChI=1S/C18H16ClN3O/c1-22(2)17-8-7-12(19)11-16(17)21-18(23)14-9-10-20-15-6-4-3-5-13(14)15/h3-11H,1-2H3,(H,21,23). The van der Waals surface area contributed by atoms with Crippen molar-refractivity contribution < 1.29 is 4.79 Å². The zero-order valence-corrected chi connectivity index (χ0v) is 13.6. The van der Waals surface area contributed by atoms with Gasteiger partial charge in [0.15, 0.2) is 0 Å². The Morgan fingerprint density at radius 2 is 1.91 bits per heavy atom. The summed E-state index contributed by atoms with van der Waals surface area (Å²) >= 11 is 6.07. The summed E-state index contributed by atoms with van der Waals surface area (Å²) in [5, 5.41) is 4.34. The molecule has 1 heterocycles. The molecule has 0 aliphatic heterocycles. The molecule has 0 unspecified atom stereocenters. The Bertz CT molecular complexity index is 872. The van der Waals surface area contributed by atoms with Crippen LogP contribution >= 0.6 is 11.6 Å². The number of amides is 1. The smallest absolute Gasteiger partial charge is 0.256 e. The molecular formula is C18H16ClN3O. The fourth-order valence-electron chi connectivity index (χ4n) is 2.48. The third-order valence-electron chi connectivity index (χ3n) is 3.58. The number of carbonyl (C=O) groups is 1. The quantitative estimate of drug-likeness (QED) is 0.784. The Labute approximate surface area is 139 Å². The highest BCUT2D eigenvalue weighted by Gasteiger charge is 2.13. The van der Waals surface area contributed by atoms with Crippen LogP contribution in [0.5, 0.6) is 0 Å². The Hall–Kier alpha value is -2.59. The third kappa shape index (κ3) is 3.12. The predicted molar refractivity (Wildman–Crippen MR) is 95.5 cm³/mol. The summed E-state index contributed by atoms with van der Waals surface area (Å²) in [6, 6.07) is 14.7. The Morgan fingerprint density at radius 3 is 2.70 bits per heavy atom. The highest BCUT2D eigenvalue weighted by atomic mass is 35.5. The first-order valence-electron chi connectivity index (χ1n) is 7.18. The number of halogens is 1. The first kappa shape index (κ1) is 15.3. The summed E-state index contributed by atoms with van der Waals surface area (Å²) in [5.41, 5.74) is 2.94. The van der Waals surface area contributed by atoms with Gasteiger partial charge in [-0.05, 0) is 30.3 Å². The van der Waals surface area contributed by atoms with E-state index in [9.17, 15) is 4.79 Å². The second kappa shape index (κ2) is 6.26. The van der Waals surface area contributed by atoms with Gasteiger partial charge >= 0.3 is 0 Å². The molecule has 0 radical (unpaired) electrons. The van der Waals surface area contributed by atoms with Crippen molar-refractivity contribution in [2.75, 3.05) is 24.3 Å². The van der Waals surface area contributed by atoms with E-state index in [1.807, 2.05) is 49.3 Å². The highest BCUT2D eigenvalue weighted by molar-refractivity contribution is 6.31. The lowest BCUT2D eigenvalue weighted by Crippen LogP contribution is -2.17. The van der Waals surface area contributed by atoms with Crippen molar-refractivity contribution in [3.05, 3.63) is 65.3 Å². The summed E-state index contributed by atoms with van der Waals surface area (Å²) in [5.74, 6) is -0.186. The number of hydrogen-bond acceptors (Lipinski definition) is 3. The topological polar surface area (TPSA) is 45.2 Å². The van der Waals surface area contributed by atoms with Crippen molar-refractivity contribution in [3.63, 3.8) is 0 Å². The molecule has 5 heteroatoms. The van der Waals surface area contributed by atoms with Crippen molar-refractivity contribution in [2.45, 2.75) is 0 Å². The van der Waals surface area contributed by atoms with Gasteiger partial charge in [-0.2, -0.15) is 0 Å². The molecule has 1 N–H and O–H groups in total. The van der Waals surface area contributed by atoms with E-state index in [1.165, 1.54) is 0 Å². The van der Waals surface area contributed by atoms with Crippen LogP contribution in [0.15, 0.2) is 54.7 Å². The molecule has 1 amide bonds. The van der Waals surface area contributed by atoms with Gasteiger partial charge in [-0.25, -0.2) is 0 Å². The normalized spacial score (nSPS) is 10.6. The highest BCUT2D eigenvalue weighted by Crippen LogP contribution is 2.28. The van der Waals surface area contributed by atoms with Crippen molar-refractivity contribution in [3.8, 4) is 0 Å². The minimum absolute atomic E-state index is 0.186. The number of anilines is 2. The summed E-state index contributed by atoms with van der Waals surface area (Å²) in [7, 11) is 3.83. The van der Waals surface area contributed by atoms with Gasteiger partial charge in [0.2, 0.25) is 0 Å². The van der Waals surface area contributed by atoms with E-state index >= 15 is 0 Å². The van der Waals surface area contributed by atoms with E-state index in [0.717, 1.165) is 16.6 Å². The second-order valence-electron chi connectivity index (χ2n) is 5.39. The summed E-state index contributed by atoms with van der Waals surface area (Å²) in [6.45, 7) is 0. The Kier molecular flexibility index (Phi) is 4.17. The van der Waals surface area contributed by atoms with Crippen LogP contribution in [-0.2, 0) is 0 Å². The van der Waals surface area contributed by atoms with Gasteiger partial charge in [-0.1, -0.05) is 29.8 Å². The molecule has 116 valence electrons. The number of carbonyl (C=O) groups excluding carboxylic acids is 1. The molecule has 4 nitrogen and oxygen atoms in total. The monoisotopic (exact) mass is 325 g/mol. The average molecular weight is 326 g/mol. The molecule has 0 bridgehead atoms. The molecule has 0 fully saturated rings. The number of rotatable bonds is 3. The van der Waals surface area contributed by atoms with Gasteiger partial charge in [0.05, 0.1) is 22.5 Å². The van der Waals surface area contributed by atoms with Crippen molar-refractivity contribution in [2.24, 2.45) is 0 Å². The molecule has 3 rings (SSSR count). The zero-order chi connectivity index (χ0) is 16.4. The number of para-hydroxylation sites is 1. The lowest BCUT2D eigenvalue weighted by atomic mass is 10.1. The molecule has 1 aromatic heterocycles. The van der Waals surface area contributed by atoms with Crippen LogP contribution in [0.25, 0.3) is 10.9 Å². The molecule has 0 saturated heterocycles. The Balaban J connectivity index is 2.00. The summed E-state index contributed by atoms with van der Waals surface area (Å²) in [6.07, 6.45) is 1.64. The number of nitrogens with zero attached hydrogens (tertiary/aromatic N) is 2. The van der Waals surface area contributed by atoms with Crippen molar-refractivity contribution in [1.82, 2.24) is 4.98 Å². The molecule has 0 aliphatic carbocycles. The maximum Gasteiger partial charge on any atom is 0.256 e. The molecule has 0 aliphatic rings. The zero-order valence-electron chi connectivity index (χ0n) is 12.9. The minimum Gasteiger partial charge on any atom is -0.376 e. The summed E-state index contributed by atoms with van der Waals surface area (Å²) in [4.78, 5) is 18.9. The van der Waals surface area contributed by atoms with Crippen molar-refractivity contribution in [1.29, 1.82) is 0 Å². The molecule has 0 spiro atoms. The number of benzene rings is 2. The van der Waals surface area contributed by atoms with E-state index < -0.39 is 0 Å². The van der Waals surface area contributed by atoms with Gasteiger partial charge in [-0.15, -0.1) is 0 Å². The van der Waals surface area contributed by atoms with E-state index in [0.29, 0.717) is 16.3 Å². The SMILES string of the molecule is CN(C)c1ccc(Cl)cc1NC(=O)c1ccnc2ccccc12. The fourth-order valence-corrected chi connectivity index (χ4v) is 2.65. The maximum absolute atomic E-state index is 12.7. The van der Waals surface area contributed by atoms with Crippen LogP contribution < -0.4 is 10.2 Å². The van der Waals surface area contributed by atoms with Gasteiger partial charge in [-0.3, -0.25) is 9.78 Å². The van der Waals surface area contributed by atoms with Crippen LogP contribution in [0.1, 0.15) is 10.4 Å². The molecule has 0 atom stereocenters. The first-order chi connectivity index (χ1) is 11.1. The number of nitrogens with one attached hydrogen (secondary N) is 1. The fraction of sp³-hybridized carbons (Fsp3) is 0.111. The van der Waals surface area contributed by atoms with E-state index in [2.05, 4.69) is 10.3 Å². The van der Waals surface area contributed by atoms with Gasteiger partial charge in [0.1, 0.15) is 0 Å². The third-order valence-corrected chi connectivity index (χ3v) is 3.82. The number of pyridine rings is 1. The average Bonchev–Trinajstić information content (AvgIpc) is 2.54. The van der Waals surface area contributed by atoms with Crippen LogP contribution in [0, 0.1) is 0 Å². The number of hydrogen-bond donors (Lipinski definition) is 1. The van der Waals surface area contributed by atoms with Gasteiger partial charge in [0, 0.05) is 30.7 Å². The van der Waals surface area contributed by atoms with E-state index in [-0.39, 0.29) is 5.91 Å². The maximum atomic E-state index is 12.7. The predicted octanol–water partition coefficient (Wildman–Crippen LogP) is 4.21. The Morgan fingerprint density at radius 1 is 1.13 bits per heavy atom. The van der Waals surface area contributed by atoms with Crippen LogP contribution in [0.2, 0.25) is 5.02 Å². The summed E-state index contributed by atoms with van der Waals surface area (Å²) < 4.78 is 0. The molecular weight excluding hydrogens is 310 g/mol. The van der Waals surface area contributed by atoms with E-state index in [4.69, 9.17) is 11.6 Å². The number of aromatic nitrogens is 1. The minimum atomic E-state index is -0.186. The molecule has 23 heavy (non-hydrogen) atoms. The van der Waals surface area contributed by atoms with E-state index in [1.54, 1.807) is 24.4 Å². The lowest BCUT2D eigenvalue weighted by Gasteiger charge is -2.18. The van der Waals surface area contributed by atoms with Gasteiger partial charge in [0.25, 0.3) is 5.91 Å². The largest absolute Gasteiger partial charge is 0.376 e.